The number of benzene rings is 1. The molecular formula is C23H32N2O3. The smallest absolute Gasteiger partial charge is 0.138 e. The van der Waals surface area contributed by atoms with Crippen molar-refractivity contribution in [2.75, 3.05) is 0 Å². The van der Waals surface area contributed by atoms with Crippen LogP contribution in [0.5, 0.6) is 11.5 Å². The molecule has 5 rings (SSSR count). The zero-order valence-corrected chi connectivity index (χ0v) is 17.4. The number of phenols is 1. The van der Waals surface area contributed by atoms with Crippen molar-refractivity contribution in [3.05, 3.63) is 22.8 Å². The Morgan fingerprint density at radius 2 is 1.96 bits per heavy atom. The molecule has 5 nitrogen and oxygen atoms in total. The van der Waals surface area contributed by atoms with Crippen LogP contribution in [0.2, 0.25) is 0 Å². The van der Waals surface area contributed by atoms with Crippen LogP contribution in [0.3, 0.4) is 0 Å². The molecule has 0 saturated heterocycles. The Morgan fingerprint density at radius 3 is 2.71 bits per heavy atom. The summed E-state index contributed by atoms with van der Waals surface area (Å²) < 4.78 is 6.94. The minimum atomic E-state index is -0.384. The number of amidine groups is 1. The lowest BCUT2D eigenvalue weighted by Crippen LogP contribution is -2.66. The number of phenolic OH excluding ortho intramolecular Hbond substituents is 1. The summed E-state index contributed by atoms with van der Waals surface area (Å²) in [5.74, 6) is 2.32. The van der Waals surface area contributed by atoms with Gasteiger partial charge in [0.15, 0.2) is 0 Å². The normalized spacial score (nSPS) is 40.5. The third kappa shape index (κ3) is 1.99. The van der Waals surface area contributed by atoms with Gasteiger partial charge in [-0.2, -0.15) is 0 Å². The Morgan fingerprint density at radius 1 is 1.21 bits per heavy atom. The van der Waals surface area contributed by atoms with Crippen molar-refractivity contribution in [1.82, 2.24) is 0 Å². The average Bonchev–Trinajstić information content (AvgIpc) is 3.20. The highest BCUT2D eigenvalue weighted by molar-refractivity contribution is 6.04. The molecule has 4 aliphatic rings. The second-order valence-electron chi connectivity index (χ2n) is 10.4. The molecule has 152 valence electrons. The maximum absolute atomic E-state index is 10.8. The number of aromatic hydroxyl groups is 1. The molecule has 2 saturated carbocycles. The molecule has 1 spiro atoms. The number of rotatable bonds is 0. The van der Waals surface area contributed by atoms with Crippen LogP contribution in [-0.2, 0) is 13.0 Å². The summed E-state index contributed by atoms with van der Waals surface area (Å²) >= 11 is 0. The Hall–Kier alpha value is -1.75. The van der Waals surface area contributed by atoms with E-state index >= 15 is 0 Å². The van der Waals surface area contributed by atoms with Crippen molar-refractivity contribution in [2.24, 2.45) is 33.4 Å². The van der Waals surface area contributed by atoms with Gasteiger partial charge in [0, 0.05) is 17.4 Å². The molecule has 5 heteroatoms. The third-order valence-electron chi connectivity index (χ3n) is 8.96. The Bertz CT molecular complexity index is 892. The minimum absolute atomic E-state index is 0.0732. The van der Waals surface area contributed by atoms with Gasteiger partial charge in [0.1, 0.15) is 22.9 Å². The molecule has 2 heterocycles. The van der Waals surface area contributed by atoms with Crippen LogP contribution in [0.1, 0.15) is 70.1 Å². The van der Waals surface area contributed by atoms with Crippen LogP contribution < -0.4 is 10.5 Å². The first-order chi connectivity index (χ1) is 13.1. The monoisotopic (exact) mass is 384 g/mol. The molecule has 0 amide bonds. The number of nitrogens with two attached hydrogens (primary N) is 1. The molecule has 2 fully saturated rings. The number of aliphatic hydroxyl groups excluding tert-OH is 1. The standard InChI is InChI=1S/C23H32N2O3/c1-12-5-6-16-21(2,3)17(27)7-8-22(16,4)23(12)10-14-15(26)9-13-11-25-20(24)18(13)19(14)28-23/h9,12,16-17,26-27H,5-8,10-11H2,1-4H3,(H2,24,25)/t12-,16-,17-,22-,23+/m1/s1. The van der Waals surface area contributed by atoms with Gasteiger partial charge < -0.3 is 20.7 Å². The summed E-state index contributed by atoms with van der Waals surface area (Å²) in [7, 11) is 0. The highest BCUT2D eigenvalue weighted by Crippen LogP contribution is 2.67. The Kier molecular flexibility index (Phi) is 3.55. The quantitative estimate of drug-likeness (QED) is 0.639. The van der Waals surface area contributed by atoms with E-state index in [2.05, 4.69) is 32.7 Å². The predicted octanol–water partition coefficient (Wildman–Crippen LogP) is 3.52. The molecule has 5 atom stereocenters. The summed E-state index contributed by atoms with van der Waals surface area (Å²) in [6.45, 7) is 9.59. The first-order valence-electron chi connectivity index (χ1n) is 10.7. The van der Waals surface area contributed by atoms with E-state index < -0.39 is 0 Å². The van der Waals surface area contributed by atoms with E-state index in [0.717, 1.165) is 48.1 Å². The largest absolute Gasteiger partial charge is 0.508 e. The van der Waals surface area contributed by atoms with E-state index in [4.69, 9.17) is 10.5 Å². The van der Waals surface area contributed by atoms with Crippen LogP contribution in [0.15, 0.2) is 11.1 Å². The molecule has 0 aromatic heterocycles. The molecular weight excluding hydrogens is 352 g/mol. The lowest BCUT2D eigenvalue weighted by Gasteiger charge is -2.64. The lowest BCUT2D eigenvalue weighted by atomic mass is 9.43. The first-order valence-corrected chi connectivity index (χ1v) is 10.7. The van der Waals surface area contributed by atoms with Crippen LogP contribution >= 0.6 is 0 Å². The summed E-state index contributed by atoms with van der Waals surface area (Å²) in [6, 6.07) is 1.82. The van der Waals surface area contributed by atoms with Gasteiger partial charge in [-0.25, -0.2) is 0 Å². The third-order valence-corrected chi connectivity index (χ3v) is 8.96. The molecule has 2 aliphatic carbocycles. The molecule has 0 radical (unpaired) electrons. The topological polar surface area (TPSA) is 88.1 Å². The van der Waals surface area contributed by atoms with Crippen molar-refractivity contribution < 1.29 is 14.9 Å². The number of aliphatic hydroxyl groups is 1. The van der Waals surface area contributed by atoms with E-state index in [1.54, 1.807) is 0 Å². The van der Waals surface area contributed by atoms with Crippen molar-refractivity contribution in [1.29, 1.82) is 0 Å². The number of hydrogen-bond donors (Lipinski definition) is 3. The van der Waals surface area contributed by atoms with Crippen molar-refractivity contribution in [3.63, 3.8) is 0 Å². The fraction of sp³-hybridized carbons (Fsp3) is 0.696. The van der Waals surface area contributed by atoms with Gasteiger partial charge in [-0.15, -0.1) is 0 Å². The highest BCUT2D eigenvalue weighted by atomic mass is 16.5. The summed E-state index contributed by atoms with van der Waals surface area (Å²) in [4.78, 5) is 4.38. The number of ether oxygens (including phenoxy) is 1. The SMILES string of the molecule is C[C@@H]1CC[C@@H]2C(C)(C)[C@H](O)CC[C@@]2(C)[C@]12Cc1c(O)cc3c(c1O2)C(N)=NC3. The van der Waals surface area contributed by atoms with Gasteiger partial charge >= 0.3 is 0 Å². The van der Waals surface area contributed by atoms with Gasteiger partial charge in [-0.05, 0) is 54.6 Å². The zero-order valence-electron chi connectivity index (χ0n) is 17.4. The molecule has 2 aliphatic heterocycles. The van der Waals surface area contributed by atoms with Crippen LogP contribution in [0.4, 0.5) is 0 Å². The number of nitrogens with zero attached hydrogens (tertiary/aromatic N) is 1. The maximum Gasteiger partial charge on any atom is 0.138 e. The Balaban J connectivity index is 1.66. The van der Waals surface area contributed by atoms with E-state index in [-0.39, 0.29) is 22.5 Å². The Labute approximate surface area is 167 Å². The van der Waals surface area contributed by atoms with Gasteiger partial charge in [0.05, 0.1) is 18.2 Å². The van der Waals surface area contributed by atoms with Gasteiger partial charge in [-0.1, -0.05) is 27.7 Å². The summed E-state index contributed by atoms with van der Waals surface area (Å²) in [5, 5.41) is 21.5. The number of hydrogen-bond acceptors (Lipinski definition) is 5. The van der Waals surface area contributed by atoms with E-state index in [9.17, 15) is 10.2 Å². The fourth-order valence-corrected chi connectivity index (χ4v) is 7.20. The van der Waals surface area contributed by atoms with E-state index in [1.165, 1.54) is 0 Å². The fourth-order valence-electron chi connectivity index (χ4n) is 7.20. The first kappa shape index (κ1) is 18.3. The average molecular weight is 385 g/mol. The van der Waals surface area contributed by atoms with Gasteiger partial charge in [-0.3, -0.25) is 4.99 Å². The molecule has 0 bridgehead atoms. The van der Waals surface area contributed by atoms with Crippen molar-refractivity contribution >= 4 is 5.84 Å². The second kappa shape index (κ2) is 5.44. The molecule has 4 N–H and O–H groups in total. The lowest BCUT2D eigenvalue weighted by molar-refractivity contribution is -0.210. The van der Waals surface area contributed by atoms with Crippen LogP contribution in [0.25, 0.3) is 0 Å². The predicted molar refractivity (Wildman–Crippen MR) is 109 cm³/mol. The minimum Gasteiger partial charge on any atom is -0.508 e. The van der Waals surface area contributed by atoms with Crippen molar-refractivity contribution in [3.8, 4) is 11.5 Å². The summed E-state index contributed by atoms with van der Waals surface area (Å²) in [5.41, 5.74) is 8.32. The van der Waals surface area contributed by atoms with Crippen LogP contribution in [0, 0.1) is 22.7 Å². The van der Waals surface area contributed by atoms with E-state index in [1.807, 2.05) is 6.07 Å². The molecule has 1 aromatic rings. The van der Waals surface area contributed by atoms with Gasteiger partial charge in [0.2, 0.25) is 0 Å². The molecule has 28 heavy (non-hydrogen) atoms. The highest BCUT2D eigenvalue weighted by Gasteiger charge is 2.67. The van der Waals surface area contributed by atoms with E-state index in [0.29, 0.717) is 36.4 Å². The maximum atomic E-state index is 10.8. The summed E-state index contributed by atoms with van der Waals surface area (Å²) in [6.07, 6.45) is 4.33. The van der Waals surface area contributed by atoms with Crippen molar-refractivity contribution in [2.45, 2.75) is 78.0 Å². The molecule has 0 unspecified atom stereocenters. The zero-order chi connectivity index (χ0) is 20.1. The molecule has 1 aromatic carbocycles. The second-order valence-corrected chi connectivity index (χ2v) is 10.4. The van der Waals surface area contributed by atoms with Gasteiger partial charge in [0.25, 0.3) is 0 Å². The number of fused-ring (bicyclic) bond motifs is 5. The van der Waals surface area contributed by atoms with Crippen LogP contribution in [-0.4, -0.2) is 27.8 Å². The number of aliphatic imine (C=N–C) groups is 1.